The van der Waals surface area contributed by atoms with Gasteiger partial charge in [-0.1, -0.05) is 0 Å². The Hall–Kier alpha value is -2.34. The molecule has 114 valence electrons. The van der Waals surface area contributed by atoms with Crippen LogP contribution >= 0.6 is 11.6 Å². The summed E-state index contributed by atoms with van der Waals surface area (Å²) in [5.74, 6) is 0.789. The standard InChI is InChI=1S/C15H17ClN6/c1-8(2)19-15-21-13-11(22(15)3)5-4-9(17)12(13)10-6-7-18-14(16)20-10/h4-8H,17H2,1-3H3,(H,19,21). The van der Waals surface area contributed by atoms with Crippen LogP contribution in [-0.4, -0.2) is 25.6 Å². The van der Waals surface area contributed by atoms with E-state index >= 15 is 0 Å². The van der Waals surface area contributed by atoms with E-state index in [2.05, 4.69) is 34.1 Å². The van der Waals surface area contributed by atoms with Crippen LogP contribution < -0.4 is 11.1 Å². The van der Waals surface area contributed by atoms with Crippen molar-refractivity contribution in [2.45, 2.75) is 19.9 Å². The van der Waals surface area contributed by atoms with Gasteiger partial charge in [0.1, 0.15) is 5.52 Å². The monoisotopic (exact) mass is 316 g/mol. The van der Waals surface area contributed by atoms with Gasteiger partial charge in [-0.3, -0.25) is 0 Å². The zero-order valence-corrected chi connectivity index (χ0v) is 13.4. The number of aryl methyl sites for hydroxylation is 1. The molecule has 0 atom stereocenters. The molecule has 6 nitrogen and oxygen atoms in total. The van der Waals surface area contributed by atoms with E-state index in [0.29, 0.717) is 11.4 Å². The molecule has 2 heterocycles. The minimum Gasteiger partial charge on any atom is -0.398 e. The molecular formula is C15H17ClN6. The van der Waals surface area contributed by atoms with Crippen LogP contribution in [0.2, 0.25) is 5.28 Å². The summed E-state index contributed by atoms with van der Waals surface area (Å²) in [5.41, 5.74) is 9.97. The van der Waals surface area contributed by atoms with E-state index in [0.717, 1.165) is 22.5 Å². The molecule has 3 N–H and O–H groups in total. The van der Waals surface area contributed by atoms with Crippen molar-refractivity contribution in [1.29, 1.82) is 0 Å². The van der Waals surface area contributed by atoms with Crippen LogP contribution in [0.3, 0.4) is 0 Å². The third-order valence-electron chi connectivity index (χ3n) is 3.39. The summed E-state index contributed by atoms with van der Waals surface area (Å²) in [7, 11) is 1.97. The SMILES string of the molecule is CC(C)Nc1nc2c(-c3ccnc(Cl)n3)c(N)ccc2n1C. The molecule has 0 spiro atoms. The second kappa shape index (κ2) is 5.46. The lowest BCUT2D eigenvalue weighted by molar-refractivity contribution is 0.843. The predicted molar refractivity (Wildman–Crippen MR) is 89.9 cm³/mol. The molecule has 0 bridgehead atoms. The number of nitrogens with zero attached hydrogens (tertiary/aromatic N) is 4. The van der Waals surface area contributed by atoms with Gasteiger partial charge in [0, 0.05) is 25.0 Å². The summed E-state index contributed by atoms with van der Waals surface area (Å²) in [6, 6.07) is 5.87. The highest BCUT2D eigenvalue weighted by Gasteiger charge is 2.16. The minimum absolute atomic E-state index is 0.186. The van der Waals surface area contributed by atoms with Gasteiger partial charge in [-0.15, -0.1) is 0 Å². The molecule has 2 aromatic heterocycles. The lowest BCUT2D eigenvalue weighted by Gasteiger charge is -2.08. The third kappa shape index (κ3) is 2.46. The van der Waals surface area contributed by atoms with Gasteiger partial charge in [-0.2, -0.15) is 0 Å². The molecule has 1 aromatic carbocycles. The Morgan fingerprint density at radius 3 is 2.68 bits per heavy atom. The van der Waals surface area contributed by atoms with E-state index < -0.39 is 0 Å². The van der Waals surface area contributed by atoms with Crippen molar-refractivity contribution < 1.29 is 0 Å². The largest absolute Gasteiger partial charge is 0.398 e. The summed E-state index contributed by atoms with van der Waals surface area (Å²) in [5, 5.41) is 3.51. The molecule has 22 heavy (non-hydrogen) atoms. The molecule has 0 fully saturated rings. The van der Waals surface area contributed by atoms with Gasteiger partial charge in [0.25, 0.3) is 0 Å². The number of fused-ring (bicyclic) bond motifs is 1. The lowest BCUT2D eigenvalue weighted by atomic mass is 10.1. The average Bonchev–Trinajstić information content (AvgIpc) is 2.74. The summed E-state index contributed by atoms with van der Waals surface area (Å²) in [6.45, 7) is 4.14. The maximum absolute atomic E-state index is 6.16. The molecule has 0 saturated heterocycles. The fraction of sp³-hybridized carbons (Fsp3) is 0.267. The fourth-order valence-electron chi connectivity index (χ4n) is 2.41. The highest BCUT2D eigenvalue weighted by atomic mass is 35.5. The van der Waals surface area contributed by atoms with E-state index in [4.69, 9.17) is 17.3 Å². The molecule has 0 saturated carbocycles. The smallest absolute Gasteiger partial charge is 0.222 e. The van der Waals surface area contributed by atoms with Crippen molar-refractivity contribution >= 4 is 34.3 Å². The first kappa shape index (κ1) is 14.6. The van der Waals surface area contributed by atoms with Crippen LogP contribution in [0.4, 0.5) is 11.6 Å². The highest BCUT2D eigenvalue weighted by molar-refractivity contribution is 6.28. The Morgan fingerprint density at radius 2 is 2.00 bits per heavy atom. The number of imidazole rings is 1. The van der Waals surface area contributed by atoms with Crippen LogP contribution in [0.1, 0.15) is 13.8 Å². The first-order valence-corrected chi connectivity index (χ1v) is 7.35. The van der Waals surface area contributed by atoms with E-state index in [9.17, 15) is 0 Å². The number of hydrogen-bond acceptors (Lipinski definition) is 5. The second-order valence-electron chi connectivity index (χ2n) is 5.40. The van der Waals surface area contributed by atoms with Gasteiger partial charge >= 0.3 is 0 Å². The van der Waals surface area contributed by atoms with E-state index in [1.54, 1.807) is 12.3 Å². The zero-order chi connectivity index (χ0) is 15.9. The molecule has 0 unspecified atom stereocenters. The van der Waals surface area contributed by atoms with E-state index in [1.807, 2.05) is 23.7 Å². The first-order chi connectivity index (χ1) is 10.5. The second-order valence-corrected chi connectivity index (χ2v) is 5.74. The Bertz CT molecular complexity index is 839. The third-order valence-corrected chi connectivity index (χ3v) is 3.57. The summed E-state index contributed by atoms with van der Waals surface area (Å²) >= 11 is 5.90. The molecule has 0 aliphatic carbocycles. The number of rotatable bonds is 3. The van der Waals surface area contributed by atoms with Crippen LogP contribution in [0.25, 0.3) is 22.3 Å². The van der Waals surface area contributed by atoms with E-state index in [1.165, 1.54) is 0 Å². The molecule has 7 heteroatoms. The molecule has 0 amide bonds. The van der Waals surface area contributed by atoms with Gasteiger partial charge in [0.05, 0.1) is 16.8 Å². The number of halogens is 1. The number of nitrogens with two attached hydrogens (primary N) is 1. The van der Waals surface area contributed by atoms with Crippen LogP contribution in [0.15, 0.2) is 24.4 Å². The molecule has 0 aliphatic rings. The molecule has 3 rings (SSSR count). The van der Waals surface area contributed by atoms with Crippen molar-refractivity contribution in [1.82, 2.24) is 19.5 Å². The fourth-order valence-corrected chi connectivity index (χ4v) is 2.55. The van der Waals surface area contributed by atoms with Crippen molar-refractivity contribution in [3.05, 3.63) is 29.7 Å². The molecule has 0 radical (unpaired) electrons. The van der Waals surface area contributed by atoms with Gasteiger partial charge < -0.3 is 15.6 Å². The van der Waals surface area contributed by atoms with Crippen molar-refractivity contribution in [3.63, 3.8) is 0 Å². The molecular weight excluding hydrogens is 300 g/mol. The number of nitrogens with one attached hydrogen (secondary N) is 1. The highest BCUT2D eigenvalue weighted by Crippen LogP contribution is 2.33. The van der Waals surface area contributed by atoms with Crippen LogP contribution in [0, 0.1) is 0 Å². The normalized spacial score (nSPS) is 11.3. The Kier molecular flexibility index (Phi) is 3.62. The summed E-state index contributed by atoms with van der Waals surface area (Å²) < 4.78 is 2.00. The Balaban J connectivity index is 2.27. The molecule has 0 aliphatic heterocycles. The van der Waals surface area contributed by atoms with Crippen molar-refractivity contribution in [2.24, 2.45) is 7.05 Å². The Morgan fingerprint density at radius 1 is 1.23 bits per heavy atom. The number of hydrogen-bond donors (Lipinski definition) is 2. The van der Waals surface area contributed by atoms with Crippen LogP contribution in [0.5, 0.6) is 0 Å². The van der Waals surface area contributed by atoms with Gasteiger partial charge in [0.15, 0.2) is 0 Å². The summed E-state index contributed by atoms with van der Waals surface area (Å²) in [4.78, 5) is 12.9. The topological polar surface area (TPSA) is 81.7 Å². The maximum Gasteiger partial charge on any atom is 0.222 e. The summed E-state index contributed by atoms with van der Waals surface area (Å²) in [6.07, 6.45) is 1.61. The zero-order valence-electron chi connectivity index (χ0n) is 12.6. The Labute approximate surface area is 133 Å². The number of anilines is 2. The van der Waals surface area contributed by atoms with E-state index in [-0.39, 0.29) is 11.3 Å². The molecule has 3 aromatic rings. The van der Waals surface area contributed by atoms with Gasteiger partial charge in [-0.05, 0) is 43.6 Å². The minimum atomic E-state index is 0.186. The number of benzene rings is 1. The number of aromatic nitrogens is 4. The van der Waals surface area contributed by atoms with Gasteiger partial charge in [0.2, 0.25) is 11.2 Å². The lowest BCUT2D eigenvalue weighted by Crippen LogP contribution is -2.13. The average molecular weight is 317 g/mol. The predicted octanol–water partition coefficient (Wildman–Crippen LogP) is 3.09. The van der Waals surface area contributed by atoms with Gasteiger partial charge in [-0.25, -0.2) is 15.0 Å². The maximum atomic E-state index is 6.16. The first-order valence-electron chi connectivity index (χ1n) is 6.97. The van der Waals surface area contributed by atoms with Crippen molar-refractivity contribution in [3.8, 4) is 11.3 Å². The van der Waals surface area contributed by atoms with Crippen LogP contribution in [-0.2, 0) is 7.05 Å². The quantitative estimate of drug-likeness (QED) is 0.573. The van der Waals surface area contributed by atoms with Crippen molar-refractivity contribution in [2.75, 3.05) is 11.1 Å². The number of nitrogen functional groups attached to an aromatic ring is 1.